The number of rotatable bonds is 1. The second kappa shape index (κ2) is 2.28. The highest BCUT2D eigenvalue weighted by atomic mass is 32.2. The van der Waals surface area contributed by atoms with E-state index in [0.29, 0.717) is 0 Å². The molecule has 0 amide bonds. The molecule has 0 atom stereocenters. The summed E-state index contributed by atoms with van der Waals surface area (Å²) in [6.45, 7) is 0. The van der Waals surface area contributed by atoms with E-state index in [1.807, 2.05) is 6.26 Å². The molecule has 0 saturated carbocycles. The molecule has 0 aliphatic carbocycles. The highest BCUT2D eigenvalue weighted by Crippen LogP contribution is 2.13. The van der Waals surface area contributed by atoms with Gasteiger partial charge >= 0.3 is 0 Å². The van der Waals surface area contributed by atoms with Crippen LogP contribution in [0.25, 0.3) is 0 Å². The van der Waals surface area contributed by atoms with Crippen LogP contribution in [0.15, 0.2) is 4.34 Å². The highest BCUT2D eigenvalue weighted by Gasteiger charge is 1.88. The zero-order valence-electron chi connectivity index (χ0n) is 3.71. The quantitative estimate of drug-likeness (QED) is 0.533. The van der Waals surface area contributed by atoms with Gasteiger partial charge in [-0.3, -0.25) is 0 Å². The predicted octanol–water partition coefficient (Wildman–Crippen LogP) is 1.06. The van der Waals surface area contributed by atoms with Crippen LogP contribution in [0.5, 0.6) is 0 Å². The average molecular weight is 131 g/mol. The van der Waals surface area contributed by atoms with E-state index in [1.165, 1.54) is 11.3 Å². The van der Waals surface area contributed by atoms with E-state index in [2.05, 4.69) is 15.7 Å². The Morgan fingerprint density at radius 3 is 3.00 bits per heavy atom. The fraction of sp³-hybridized carbons (Fsp3) is 0.333. The van der Waals surface area contributed by atoms with Crippen LogP contribution in [0.4, 0.5) is 0 Å². The molecule has 2 nitrogen and oxygen atoms in total. The van der Waals surface area contributed by atoms with Gasteiger partial charge in [0, 0.05) is 0 Å². The summed E-state index contributed by atoms with van der Waals surface area (Å²) in [5.41, 5.74) is 2.64. The molecule has 37 valence electrons. The molecule has 1 heterocycles. The lowest BCUT2D eigenvalue weighted by atomic mass is 11.6. The normalized spacial score (nSPS) is 9.29. The van der Waals surface area contributed by atoms with Gasteiger partial charge in [-0.25, -0.2) is 0 Å². The number of nitrogens with zero attached hydrogens (tertiary/aromatic N) is 2. The number of hydrogen-bond donors (Lipinski definition) is 0. The molecule has 0 aliphatic heterocycles. The van der Waals surface area contributed by atoms with Gasteiger partial charge in [-0.1, -0.05) is 23.1 Å². The molecule has 0 spiro atoms. The maximum absolute atomic E-state index is 3.71. The maximum atomic E-state index is 3.71. The Labute approximate surface area is 50.0 Å². The Balaban J connectivity index is 2.76. The minimum absolute atomic E-state index is 0.972. The van der Waals surface area contributed by atoms with Gasteiger partial charge in [0.2, 0.25) is 0 Å². The third-order valence-corrected chi connectivity index (χ3v) is 2.09. The van der Waals surface area contributed by atoms with Gasteiger partial charge in [-0.15, -0.1) is 10.2 Å². The summed E-state index contributed by atoms with van der Waals surface area (Å²) < 4.78 is 0.972. The fourth-order valence-corrected chi connectivity index (χ4v) is 1.03. The van der Waals surface area contributed by atoms with Gasteiger partial charge in [0.05, 0.1) is 0 Å². The van der Waals surface area contributed by atoms with E-state index < -0.39 is 0 Å². The SMILES string of the molecule is CSc1nn[c]s1. The van der Waals surface area contributed by atoms with Crippen molar-refractivity contribution >= 4 is 23.1 Å². The molecule has 1 aromatic rings. The van der Waals surface area contributed by atoms with Gasteiger partial charge in [0.15, 0.2) is 9.85 Å². The van der Waals surface area contributed by atoms with Crippen LogP contribution >= 0.6 is 23.1 Å². The molecule has 0 bridgehead atoms. The van der Waals surface area contributed by atoms with E-state index in [0.717, 1.165) is 4.34 Å². The van der Waals surface area contributed by atoms with Gasteiger partial charge in [0.25, 0.3) is 0 Å². The molecule has 1 aromatic heterocycles. The second-order valence-electron chi connectivity index (χ2n) is 0.863. The Kier molecular flexibility index (Phi) is 1.64. The zero-order valence-corrected chi connectivity index (χ0v) is 5.34. The molecule has 0 aromatic carbocycles. The lowest BCUT2D eigenvalue weighted by Crippen LogP contribution is -1.64. The Morgan fingerprint density at radius 2 is 2.71 bits per heavy atom. The number of hydrogen-bond acceptors (Lipinski definition) is 4. The number of thioether (sulfide) groups is 1. The van der Waals surface area contributed by atoms with Crippen molar-refractivity contribution in [2.45, 2.75) is 4.34 Å². The first kappa shape index (κ1) is 5.05. The van der Waals surface area contributed by atoms with E-state index in [1.54, 1.807) is 11.8 Å². The van der Waals surface area contributed by atoms with Gasteiger partial charge < -0.3 is 0 Å². The second-order valence-corrected chi connectivity index (χ2v) is 2.69. The lowest BCUT2D eigenvalue weighted by Gasteiger charge is -1.74. The van der Waals surface area contributed by atoms with E-state index in [4.69, 9.17) is 0 Å². The zero-order chi connectivity index (χ0) is 5.11. The van der Waals surface area contributed by atoms with Crippen LogP contribution in [0.1, 0.15) is 0 Å². The summed E-state index contributed by atoms with van der Waals surface area (Å²) in [5, 5.41) is 7.23. The van der Waals surface area contributed by atoms with Crippen LogP contribution in [-0.2, 0) is 0 Å². The van der Waals surface area contributed by atoms with Crippen LogP contribution in [0, 0.1) is 5.51 Å². The van der Waals surface area contributed by atoms with Crippen LogP contribution < -0.4 is 0 Å². The van der Waals surface area contributed by atoms with Crippen molar-refractivity contribution in [1.82, 2.24) is 10.2 Å². The van der Waals surface area contributed by atoms with Crippen LogP contribution in [0.3, 0.4) is 0 Å². The summed E-state index contributed by atoms with van der Waals surface area (Å²) in [5.74, 6) is 0. The van der Waals surface area contributed by atoms with Crippen molar-refractivity contribution in [1.29, 1.82) is 0 Å². The highest BCUT2D eigenvalue weighted by molar-refractivity contribution is 8.00. The van der Waals surface area contributed by atoms with Gasteiger partial charge in [-0.2, -0.15) is 0 Å². The summed E-state index contributed by atoms with van der Waals surface area (Å²) in [4.78, 5) is 0. The van der Waals surface area contributed by atoms with E-state index >= 15 is 0 Å². The minimum Gasteiger partial charge on any atom is -0.135 e. The van der Waals surface area contributed by atoms with Crippen molar-refractivity contribution in [3.8, 4) is 0 Å². The topological polar surface area (TPSA) is 25.8 Å². The minimum atomic E-state index is 0.972. The van der Waals surface area contributed by atoms with Crippen molar-refractivity contribution in [2.75, 3.05) is 6.26 Å². The number of aromatic nitrogens is 2. The van der Waals surface area contributed by atoms with Gasteiger partial charge in [-0.05, 0) is 6.26 Å². The lowest BCUT2D eigenvalue weighted by molar-refractivity contribution is 1.01. The third kappa shape index (κ3) is 1.14. The molecule has 0 fully saturated rings. The Hall–Kier alpha value is -0.0900. The molecule has 0 N–H and O–H groups in total. The molecular formula is C3H3N2S2. The summed E-state index contributed by atoms with van der Waals surface area (Å²) in [6, 6.07) is 0. The van der Waals surface area contributed by atoms with E-state index in [-0.39, 0.29) is 0 Å². The Morgan fingerprint density at radius 1 is 1.86 bits per heavy atom. The summed E-state index contributed by atoms with van der Waals surface area (Å²) in [6.07, 6.45) is 1.97. The molecular weight excluding hydrogens is 128 g/mol. The molecule has 4 heteroatoms. The maximum Gasteiger partial charge on any atom is 0.179 e. The Bertz CT molecular complexity index is 125. The van der Waals surface area contributed by atoms with Crippen LogP contribution in [-0.4, -0.2) is 16.5 Å². The molecule has 0 unspecified atom stereocenters. The molecule has 7 heavy (non-hydrogen) atoms. The van der Waals surface area contributed by atoms with Crippen molar-refractivity contribution in [3.63, 3.8) is 0 Å². The predicted molar refractivity (Wildman–Crippen MR) is 30.5 cm³/mol. The molecule has 1 rings (SSSR count). The molecule has 1 radical (unpaired) electrons. The van der Waals surface area contributed by atoms with E-state index in [9.17, 15) is 0 Å². The molecule has 0 aliphatic rings. The first-order chi connectivity index (χ1) is 3.43. The van der Waals surface area contributed by atoms with Crippen molar-refractivity contribution in [2.24, 2.45) is 0 Å². The largest absolute Gasteiger partial charge is 0.179 e. The monoisotopic (exact) mass is 131 g/mol. The summed E-state index contributed by atoms with van der Waals surface area (Å²) >= 11 is 3.03. The molecule has 0 saturated heterocycles. The summed E-state index contributed by atoms with van der Waals surface area (Å²) in [7, 11) is 0. The third-order valence-electron chi connectivity index (χ3n) is 0.480. The first-order valence-electron chi connectivity index (χ1n) is 1.67. The fourth-order valence-electron chi connectivity index (χ4n) is 0.224. The average Bonchev–Trinajstić information content (AvgIpc) is 2.14. The van der Waals surface area contributed by atoms with Crippen molar-refractivity contribution in [3.05, 3.63) is 5.51 Å². The van der Waals surface area contributed by atoms with Gasteiger partial charge in [0.1, 0.15) is 0 Å². The smallest absolute Gasteiger partial charge is 0.135 e. The van der Waals surface area contributed by atoms with Crippen molar-refractivity contribution < 1.29 is 0 Å². The van der Waals surface area contributed by atoms with Crippen LogP contribution in [0.2, 0.25) is 0 Å². The standard InChI is InChI=1S/C3H3N2S2/c1-6-3-5-4-2-7-3/h1H3. The first-order valence-corrected chi connectivity index (χ1v) is 3.71.